The summed E-state index contributed by atoms with van der Waals surface area (Å²) in [7, 11) is 4.37. The first-order valence-electron chi connectivity index (χ1n) is 6.93. The van der Waals surface area contributed by atoms with Crippen LogP contribution >= 0.6 is 11.6 Å². The Hall–Kier alpha value is -0.610. The number of nitrogens with zero attached hydrogens (tertiary/aromatic N) is 2. The van der Waals surface area contributed by atoms with Crippen molar-refractivity contribution in [1.29, 1.82) is 0 Å². The van der Waals surface area contributed by atoms with Gasteiger partial charge < -0.3 is 15.5 Å². The Morgan fingerprint density at radius 3 is 2.84 bits per heavy atom. The van der Waals surface area contributed by atoms with Crippen LogP contribution in [0.2, 0.25) is 5.02 Å². The largest absolute Gasteiger partial charge is 0.326 e. The Kier molecular flexibility index (Phi) is 5.22. The third kappa shape index (κ3) is 4.18. The molecule has 0 amide bonds. The lowest BCUT2D eigenvalue weighted by molar-refractivity contribution is 0.267. The van der Waals surface area contributed by atoms with Crippen LogP contribution in [-0.4, -0.2) is 43.5 Å². The molecule has 0 aromatic heterocycles. The first-order chi connectivity index (χ1) is 9.08. The van der Waals surface area contributed by atoms with E-state index in [1.807, 2.05) is 6.07 Å². The minimum absolute atomic E-state index is 0.546. The molecule has 1 aromatic carbocycles. The highest BCUT2D eigenvalue weighted by molar-refractivity contribution is 6.31. The zero-order valence-corrected chi connectivity index (χ0v) is 12.7. The highest BCUT2D eigenvalue weighted by Crippen LogP contribution is 2.21. The van der Waals surface area contributed by atoms with Gasteiger partial charge in [0.25, 0.3) is 0 Å². The second kappa shape index (κ2) is 6.71. The van der Waals surface area contributed by atoms with Crippen molar-refractivity contribution in [2.75, 3.05) is 33.7 Å². The molecule has 3 nitrogen and oxygen atoms in total. The molecule has 0 spiro atoms. The maximum Gasteiger partial charge on any atom is 0.0454 e. The molecule has 0 bridgehead atoms. The summed E-state index contributed by atoms with van der Waals surface area (Å²) in [6.07, 6.45) is 1.31. The number of hydrogen-bond donors (Lipinski definition) is 1. The van der Waals surface area contributed by atoms with Crippen LogP contribution in [0.1, 0.15) is 17.5 Å². The Morgan fingerprint density at radius 1 is 1.47 bits per heavy atom. The first kappa shape index (κ1) is 14.8. The molecule has 1 heterocycles. The lowest BCUT2D eigenvalue weighted by Crippen LogP contribution is -2.27. The van der Waals surface area contributed by atoms with Crippen LogP contribution in [0.4, 0.5) is 0 Å². The third-order valence-electron chi connectivity index (χ3n) is 3.85. The molecule has 19 heavy (non-hydrogen) atoms. The summed E-state index contributed by atoms with van der Waals surface area (Å²) >= 11 is 6.30. The average Bonchev–Trinajstić information content (AvgIpc) is 2.77. The zero-order valence-electron chi connectivity index (χ0n) is 11.9. The Morgan fingerprint density at radius 2 is 2.26 bits per heavy atom. The van der Waals surface area contributed by atoms with Gasteiger partial charge in [0.2, 0.25) is 0 Å². The molecule has 1 fully saturated rings. The minimum atomic E-state index is 0.546. The van der Waals surface area contributed by atoms with Crippen molar-refractivity contribution < 1.29 is 0 Å². The van der Waals surface area contributed by atoms with Crippen molar-refractivity contribution in [3.63, 3.8) is 0 Å². The lowest BCUT2D eigenvalue weighted by Gasteiger charge is -2.21. The highest BCUT2D eigenvalue weighted by Gasteiger charge is 2.20. The van der Waals surface area contributed by atoms with E-state index in [1.54, 1.807) is 0 Å². The Balaban J connectivity index is 1.89. The average molecular weight is 282 g/mol. The molecular weight excluding hydrogens is 258 g/mol. The first-order valence-corrected chi connectivity index (χ1v) is 7.30. The van der Waals surface area contributed by atoms with Gasteiger partial charge >= 0.3 is 0 Å². The van der Waals surface area contributed by atoms with Gasteiger partial charge in [-0.15, -0.1) is 0 Å². The third-order valence-corrected chi connectivity index (χ3v) is 4.20. The van der Waals surface area contributed by atoms with Crippen molar-refractivity contribution in [2.24, 2.45) is 11.7 Å². The van der Waals surface area contributed by atoms with Gasteiger partial charge in [-0.1, -0.05) is 23.7 Å². The topological polar surface area (TPSA) is 32.5 Å². The van der Waals surface area contributed by atoms with Crippen LogP contribution in [0.5, 0.6) is 0 Å². The van der Waals surface area contributed by atoms with Crippen LogP contribution in [0.3, 0.4) is 0 Å². The smallest absolute Gasteiger partial charge is 0.0454 e. The number of benzene rings is 1. The maximum absolute atomic E-state index is 6.30. The van der Waals surface area contributed by atoms with Crippen LogP contribution in [0.15, 0.2) is 18.2 Å². The van der Waals surface area contributed by atoms with Gasteiger partial charge in [-0.25, -0.2) is 0 Å². The number of rotatable bonds is 5. The summed E-state index contributed by atoms with van der Waals surface area (Å²) in [4.78, 5) is 4.77. The van der Waals surface area contributed by atoms with Crippen LogP contribution in [0.25, 0.3) is 0 Å². The molecular formula is C15H24ClN3. The van der Waals surface area contributed by atoms with Gasteiger partial charge in [-0.05, 0) is 50.2 Å². The van der Waals surface area contributed by atoms with Crippen LogP contribution in [-0.2, 0) is 13.1 Å². The van der Waals surface area contributed by atoms with Gasteiger partial charge in [0.15, 0.2) is 0 Å². The van der Waals surface area contributed by atoms with Crippen molar-refractivity contribution in [1.82, 2.24) is 9.80 Å². The fourth-order valence-corrected chi connectivity index (χ4v) is 3.08. The second-order valence-corrected chi connectivity index (χ2v) is 6.15. The van der Waals surface area contributed by atoms with E-state index in [1.165, 1.54) is 25.1 Å². The monoisotopic (exact) mass is 281 g/mol. The molecule has 1 aromatic rings. The van der Waals surface area contributed by atoms with Crippen molar-refractivity contribution in [3.05, 3.63) is 34.3 Å². The Bertz CT molecular complexity index is 422. The maximum atomic E-state index is 6.30. The van der Waals surface area contributed by atoms with E-state index in [4.69, 9.17) is 17.3 Å². The summed E-state index contributed by atoms with van der Waals surface area (Å²) in [5, 5.41) is 0.832. The van der Waals surface area contributed by atoms with E-state index in [2.05, 4.69) is 36.0 Å². The van der Waals surface area contributed by atoms with Gasteiger partial charge in [0.05, 0.1) is 0 Å². The summed E-state index contributed by atoms with van der Waals surface area (Å²) < 4.78 is 0. The van der Waals surface area contributed by atoms with Crippen molar-refractivity contribution >= 4 is 11.6 Å². The molecule has 2 N–H and O–H groups in total. The number of hydrogen-bond acceptors (Lipinski definition) is 3. The molecule has 1 aliphatic rings. The summed E-state index contributed by atoms with van der Waals surface area (Å²) in [6.45, 7) is 5.03. The van der Waals surface area contributed by atoms with E-state index in [9.17, 15) is 0 Å². The molecule has 4 heteroatoms. The molecule has 1 saturated heterocycles. The molecule has 0 radical (unpaired) electrons. The van der Waals surface area contributed by atoms with E-state index >= 15 is 0 Å². The van der Waals surface area contributed by atoms with Crippen molar-refractivity contribution in [3.8, 4) is 0 Å². The van der Waals surface area contributed by atoms with Crippen LogP contribution in [0, 0.1) is 5.92 Å². The summed E-state index contributed by atoms with van der Waals surface area (Å²) in [6, 6.07) is 6.15. The number of nitrogens with two attached hydrogens (primary N) is 1. The van der Waals surface area contributed by atoms with Gasteiger partial charge in [0.1, 0.15) is 0 Å². The van der Waals surface area contributed by atoms with Gasteiger partial charge in [-0.3, -0.25) is 0 Å². The molecule has 0 saturated carbocycles. The van der Waals surface area contributed by atoms with Gasteiger partial charge in [0, 0.05) is 31.2 Å². The molecule has 106 valence electrons. The molecule has 1 unspecified atom stereocenters. The van der Waals surface area contributed by atoms with Crippen molar-refractivity contribution in [2.45, 2.75) is 19.5 Å². The zero-order chi connectivity index (χ0) is 13.8. The quantitative estimate of drug-likeness (QED) is 0.898. The van der Waals surface area contributed by atoms with E-state index in [0.717, 1.165) is 29.6 Å². The minimum Gasteiger partial charge on any atom is -0.326 e. The second-order valence-electron chi connectivity index (χ2n) is 5.74. The fraction of sp³-hybridized carbons (Fsp3) is 0.600. The standard InChI is InChI=1S/C15H24ClN3/c1-18-6-5-13(9-18)10-19(2)11-14-4-3-12(8-17)7-15(14)16/h3-4,7,13H,5-6,8-11,17H2,1-2H3. The number of halogens is 1. The molecule has 1 atom stereocenters. The summed E-state index contributed by atoms with van der Waals surface area (Å²) in [5.41, 5.74) is 7.90. The molecule has 1 aliphatic heterocycles. The predicted molar refractivity (Wildman–Crippen MR) is 81.3 cm³/mol. The van der Waals surface area contributed by atoms with Crippen LogP contribution < -0.4 is 5.73 Å². The van der Waals surface area contributed by atoms with Gasteiger partial charge in [-0.2, -0.15) is 0 Å². The normalized spacial score (nSPS) is 20.4. The van der Waals surface area contributed by atoms with E-state index in [-0.39, 0.29) is 0 Å². The lowest BCUT2D eigenvalue weighted by atomic mass is 10.1. The predicted octanol–water partition coefficient (Wildman–Crippen LogP) is 2.18. The molecule has 2 rings (SSSR count). The molecule has 0 aliphatic carbocycles. The number of likely N-dealkylation sites (tertiary alicyclic amines) is 1. The Labute approximate surface area is 121 Å². The highest BCUT2D eigenvalue weighted by atomic mass is 35.5. The SMILES string of the molecule is CN1CCC(CN(C)Cc2ccc(CN)cc2Cl)C1. The fourth-order valence-electron chi connectivity index (χ4n) is 2.82. The van der Waals surface area contributed by atoms with E-state index < -0.39 is 0 Å². The summed E-state index contributed by atoms with van der Waals surface area (Å²) in [5.74, 6) is 0.789. The van der Waals surface area contributed by atoms with E-state index in [0.29, 0.717) is 6.54 Å².